The predicted octanol–water partition coefficient (Wildman–Crippen LogP) is 5.54. The molecule has 0 radical (unpaired) electrons. The van der Waals surface area contributed by atoms with Crippen molar-refractivity contribution in [2.45, 2.75) is 75.2 Å². The molecule has 0 saturated heterocycles. The quantitative estimate of drug-likeness (QED) is 0.550. The molecule has 0 heterocycles. The van der Waals surface area contributed by atoms with E-state index < -0.39 is 0 Å². The Hall–Kier alpha value is -0.0400. The molecule has 0 amide bonds. The Bertz CT molecular complexity index is 21.7. The van der Waals surface area contributed by atoms with Gasteiger partial charge in [0.2, 0.25) is 0 Å². The fourth-order valence-corrected chi connectivity index (χ4v) is 0. The van der Waals surface area contributed by atoms with Crippen LogP contribution in [0.25, 0.3) is 0 Å². The number of hydrogen-bond donors (Lipinski definition) is 0. The monoisotopic (exact) mass is 208 g/mol. The molecule has 0 aromatic carbocycles. The third-order valence-electron chi connectivity index (χ3n) is 0.289. The molecule has 0 atom stereocenters. The summed E-state index contributed by atoms with van der Waals surface area (Å²) in [6.07, 6.45) is 3.75. The van der Waals surface area contributed by atoms with Crippen LogP contribution in [0.15, 0.2) is 0 Å². The van der Waals surface area contributed by atoms with E-state index in [1.54, 1.807) is 7.11 Å². The van der Waals surface area contributed by atoms with Crippen LogP contribution in [-0.2, 0) is 4.74 Å². The standard InChI is InChI=1S/C3H8O.3C3H8.CH4/c1-3-4-2;3*1-3-2;/h3H2,1-2H3;3*3H2,1-2H3;1H4. The molecule has 0 aliphatic rings. The maximum atomic E-state index is 4.54. The van der Waals surface area contributed by atoms with Crippen LogP contribution in [0.2, 0.25) is 0 Å². The van der Waals surface area contributed by atoms with Crippen LogP contribution in [0.3, 0.4) is 0 Å². The summed E-state index contributed by atoms with van der Waals surface area (Å²) in [5.74, 6) is 0. The predicted molar refractivity (Wildman–Crippen MR) is 72.2 cm³/mol. The molecule has 0 unspecified atom stereocenters. The lowest BCUT2D eigenvalue weighted by atomic mass is 10.6. The van der Waals surface area contributed by atoms with Gasteiger partial charge in [-0.05, 0) is 6.92 Å². The SMILES string of the molecule is C.CCC.CCC.CCC.CCOC. The van der Waals surface area contributed by atoms with Crippen molar-refractivity contribution in [2.75, 3.05) is 13.7 Å². The highest BCUT2D eigenvalue weighted by Crippen LogP contribution is 1.57. The van der Waals surface area contributed by atoms with Crippen LogP contribution >= 0.6 is 0 Å². The first-order valence-electron chi connectivity index (χ1n) is 5.65. The van der Waals surface area contributed by atoms with E-state index in [9.17, 15) is 0 Å². The second-order valence-electron chi connectivity index (χ2n) is 2.70. The molecule has 0 fully saturated rings. The second kappa shape index (κ2) is 75.4. The summed E-state index contributed by atoms with van der Waals surface area (Å²) in [6, 6.07) is 0. The zero-order chi connectivity index (χ0) is 11.5. The number of rotatable bonds is 1. The van der Waals surface area contributed by atoms with Gasteiger partial charge in [-0.1, -0.05) is 68.2 Å². The van der Waals surface area contributed by atoms with Crippen LogP contribution in [-0.4, -0.2) is 13.7 Å². The molecular weight excluding hydrogens is 172 g/mol. The van der Waals surface area contributed by atoms with Crippen molar-refractivity contribution in [1.82, 2.24) is 0 Å². The van der Waals surface area contributed by atoms with Crippen LogP contribution < -0.4 is 0 Å². The number of methoxy groups -OCH3 is 1. The molecule has 94 valence electrons. The topological polar surface area (TPSA) is 9.23 Å². The summed E-state index contributed by atoms with van der Waals surface area (Å²) in [5.41, 5.74) is 0. The molecule has 0 aromatic heterocycles. The Morgan fingerprint density at radius 2 is 0.714 bits per heavy atom. The van der Waals surface area contributed by atoms with Gasteiger partial charge in [-0.3, -0.25) is 0 Å². The van der Waals surface area contributed by atoms with Gasteiger partial charge in [0.05, 0.1) is 0 Å². The average Bonchev–Trinajstić information content (AvgIpc) is 2.08. The van der Waals surface area contributed by atoms with Gasteiger partial charge in [0.15, 0.2) is 0 Å². The molecule has 0 aromatic rings. The zero-order valence-corrected chi connectivity index (χ0v) is 11.2. The van der Waals surface area contributed by atoms with E-state index in [1.165, 1.54) is 19.3 Å². The fourth-order valence-electron chi connectivity index (χ4n) is 0. The van der Waals surface area contributed by atoms with Gasteiger partial charge in [0, 0.05) is 13.7 Å². The Morgan fingerprint density at radius 1 is 0.643 bits per heavy atom. The maximum absolute atomic E-state index is 4.54. The number of ether oxygens (including phenoxy) is 1. The smallest absolute Gasteiger partial charge is 0.0433 e. The van der Waals surface area contributed by atoms with E-state index in [0.717, 1.165) is 6.61 Å². The first kappa shape index (κ1) is 29.2. The highest BCUT2D eigenvalue weighted by Gasteiger charge is 1.51. The summed E-state index contributed by atoms with van der Waals surface area (Å²) < 4.78 is 4.54. The van der Waals surface area contributed by atoms with E-state index in [0.29, 0.717) is 0 Å². The fraction of sp³-hybridized carbons (Fsp3) is 1.00. The third kappa shape index (κ3) is 1560. The van der Waals surface area contributed by atoms with E-state index in [-0.39, 0.29) is 7.43 Å². The third-order valence-corrected chi connectivity index (χ3v) is 0.289. The maximum Gasteiger partial charge on any atom is 0.0433 e. The molecule has 0 bridgehead atoms. The van der Waals surface area contributed by atoms with Crippen LogP contribution in [0.1, 0.15) is 75.2 Å². The molecule has 0 saturated carbocycles. The van der Waals surface area contributed by atoms with Crippen molar-refractivity contribution in [3.05, 3.63) is 0 Å². The molecule has 0 aliphatic heterocycles. The van der Waals surface area contributed by atoms with Gasteiger partial charge in [0.1, 0.15) is 0 Å². The molecule has 0 spiro atoms. The van der Waals surface area contributed by atoms with Gasteiger partial charge in [-0.2, -0.15) is 0 Å². The second-order valence-corrected chi connectivity index (χ2v) is 2.70. The van der Waals surface area contributed by atoms with E-state index in [1.807, 2.05) is 6.92 Å². The normalized spacial score (nSPS) is 6.00. The molecular formula is C13H36O. The van der Waals surface area contributed by atoms with Crippen LogP contribution in [0, 0.1) is 0 Å². The molecule has 0 N–H and O–H groups in total. The lowest BCUT2D eigenvalue weighted by Gasteiger charge is -1.76. The summed E-state index contributed by atoms with van der Waals surface area (Å²) >= 11 is 0. The van der Waals surface area contributed by atoms with Gasteiger partial charge in [0.25, 0.3) is 0 Å². The minimum absolute atomic E-state index is 0. The zero-order valence-electron chi connectivity index (χ0n) is 11.2. The summed E-state index contributed by atoms with van der Waals surface area (Å²) in [5, 5.41) is 0. The van der Waals surface area contributed by atoms with Crippen molar-refractivity contribution < 1.29 is 4.74 Å². The summed E-state index contributed by atoms with van der Waals surface area (Å²) in [6.45, 7) is 15.5. The van der Waals surface area contributed by atoms with E-state index in [4.69, 9.17) is 0 Å². The minimum Gasteiger partial charge on any atom is -0.385 e. The number of hydrogen-bond acceptors (Lipinski definition) is 1. The van der Waals surface area contributed by atoms with Crippen LogP contribution in [0.4, 0.5) is 0 Å². The van der Waals surface area contributed by atoms with Crippen molar-refractivity contribution >= 4 is 0 Å². The van der Waals surface area contributed by atoms with Crippen LogP contribution in [0.5, 0.6) is 0 Å². The summed E-state index contributed by atoms with van der Waals surface area (Å²) in [4.78, 5) is 0. The van der Waals surface area contributed by atoms with Gasteiger partial charge in [-0.15, -0.1) is 0 Å². The first-order valence-corrected chi connectivity index (χ1v) is 5.65. The molecule has 1 heteroatoms. The van der Waals surface area contributed by atoms with Crippen molar-refractivity contribution in [3.63, 3.8) is 0 Å². The van der Waals surface area contributed by atoms with Gasteiger partial charge in [-0.25, -0.2) is 0 Å². The Balaban J connectivity index is -0.0000000254. The Labute approximate surface area is 94.3 Å². The lowest BCUT2D eigenvalue weighted by molar-refractivity contribution is 0.215. The largest absolute Gasteiger partial charge is 0.385 e. The van der Waals surface area contributed by atoms with Crippen molar-refractivity contribution in [3.8, 4) is 0 Å². The minimum atomic E-state index is 0. The molecule has 0 rings (SSSR count). The van der Waals surface area contributed by atoms with E-state index in [2.05, 4.69) is 46.3 Å². The van der Waals surface area contributed by atoms with E-state index >= 15 is 0 Å². The Kier molecular flexibility index (Phi) is 157. The first-order chi connectivity index (χ1) is 6.16. The van der Waals surface area contributed by atoms with Crippen molar-refractivity contribution in [2.24, 2.45) is 0 Å². The van der Waals surface area contributed by atoms with Gasteiger partial charge >= 0.3 is 0 Å². The Morgan fingerprint density at radius 3 is 0.714 bits per heavy atom. The molecule has 1 nitrogen and oxygen atoms in total. The molecule has 14 heavy (non-hydrogen) atoms. The average molecular weight is 208 g/mol. The summed E-state index contributed by atoms with van der Waals surface area (Å²) in [7, 11) is 1.68. The lowest BCUT2D eigenvalue weighted by Crippen LogP contribution is -1.73. The highest BCUT2D eigenvalue weighted by molar-refractivity contribution is 3.95. The molecule has 0 aliphatic carbocycles. The van der Waals surface area contributed by atoms with Crippen molar-refractivity contribution in [1.29, 1.82) is 0 Å². The highest BCUT2D eigenvalue weighted by atomic mass is 16.5. The van der Waals surface area contributed by atoms with Gasteiger partial charge < -0.3 is 4.74 Å².